The van der Waals surface area contributed by atoms with E-state index in [-0.39, 0.29) is 5.75 Å². The molecule has 0 amide bonds. The molecule has 0 aromatic heterocycles. The molecule has 1 heterocycles. The third-order valence-electron chi connectivity index (χ3n) is 2.49. The Labute approximate surface area is 90.9 Å². The number of hydrogen-bond donors (Lipinski definition) is 3. The first-order valence-corrected chi connectivity index (χ1v) is 5.29. The summed E-state index contributed by atoms with van der Waals surface area (Å²) < 4.78 is 0.681. The average Bonchev–Trinajstić information content (AvgIpc) is 2.10. The molecule has 2 rings (SSSR count). The van der Waals surface area contributed by atoms with Crippen LogP contribution in [0, 0.1) is 0 Å². The standard InChI is InChI=1S/C10H12BrNO2/c11-9-7(2-1-3-8(9)13)4-10(14)5-12-6-10/h1-3,12-14H,4-6H2. The molecular formula is C10H12BrNO2. The zero-order valence-electron chi connectivity index (χ0n) is 7.63. The maximum Gasteiger partial charge on any atom is 0.130 e. The van der Waals surface area contributed by atoms with Gasteiger partial charge in [-0.05, 0) is 27.6 Å². The van der Waals surface area contributed by atoms with Gasteiger partial charge in [0.05, 0.1) is 10.1 Å². The Kier molecular flexibility index (Phi) is 2.51. The topological polar surface area (TPSA) is 52.5 Å². The lowest BCUT2D eigenvalue weighted by Gasteiger charge is -2.38. The van der Waals surface area contributed by atoms with Crippen LogP contribution in [0.2, 0.25) is 0 Å². The summed E-state index contributed by atoms with van der Waals surface area (Å²) >= 11 is 3.30. The van der Waals surface area contributed by atoms with E-state index in [9.17, 15) is 10.2 Å². The van der Waals surface area contributed by atoms with Gasteiger partial charge in [0.1, 0.15) is 5.75 Å². The summed E-state index contributed by atoms with van der Waals surface area (Å²) in [5.74, 6) is 0.221. The second kappa shape index (κ2) is 3.53. The van der Waals surface area contributed by atoms with Gasteiger partial charge >= 0.3 is 0 Å². The van der Waals surface area contributed by atoms with E-state index < -0.39 is 5.60 Å². The molecular weight excluding hydrogens is 246 g/mol. The fourth-order valence-corrected chi connectivity index (χ4v) is 2.00. The molecule has 4 heteroatoms. The third kappa shape index (κ3) is 1.78. The average molecular weight is 258 g/mol. The van der Waals surface area contributed by atoms with E-state index in [0.29, 0.717) is 24.0 Å². The number of halogens is 1. The molecule has 0 atom stereocenters. The Morgan fingerprint density at radius 1 is 1.43 bits per heavy atom. The van der Waals surface area contributed by atoms with Crippen molar-refractivity contribution >= 4 is 15.9 Å². The molecule has 0 bridgehead atoms. The quantitative estimate of drug-likeness (QED) is 0.742. The van der Waals surface area contributed by atoms with Gasteiger partial charge in [0, 0.05) is 19.5 Å². The zero-order chi connectivity index (χ0) is 10.2. The number of β-amino-alcohol motifs (C(OH)–C–C–N with tert-alkyl or cyclic N) is 1. The second-order valence-corrected chi connectivity index (χ2v) is 4.55. The second-order valence-electron chi connectivity index (χ2n) is 3.75. The summed E-state index contributed by atoms with van der Waals surface area (Å²) in [7, 11) is 0. The number of benzene rings is 1. The Morgan fingerprint density at radius 3 is 2.71 bits per heavy atom. The lowest BCUT2D eigenvalue weighted by atomic mass is 9.89. The van der Waals surface area contributed by atoms with Crippen LogP contribution in [0.25, 0.3) is 0 Å². The minimum absolute atomic E-state index is 0.221. The molecule has 1 fully saturated rings. The van der Waals surface area contributed by atoms with Gasteiger partial charge in [0.15, 0.2) is 0 Å². The highest BCUT2D eigenvalue weighted by Gasteiger charge is 2.34. The van der Waals surface area contributed by atoms with Crippen LogP contribution in [-0.4, -0.2) is 28.9 Å². The van der Waals surface area contributed by atoms with Crippen molar-refractivity contribution in [3.63, 3.8) is 0 Å². The highest BCUT2D eigenvalue weighted by Crippen LogP contribution is 2.30. The molecule has 1 aliphatic heterocycles. The van der Waals surface area contributed by atoms with Crippen LogP contribution < -0.4 is 5.32 Å². The molecule has 0 saturated carbocycles. The maximum absolute atomic E-state index is 9.91. The van der Waals surface area contributed by atoms with E-state index in [1.807, 2.05) is 6.07 Å². The Hall–Kier alpha value is -0.580. The summed E-state index contributed by atoms with van der Waals surface area (Å²) in [6, 6.07) is 5.31. The fraction of sp³-hybridized carbons (Fsp3) is 0.400. The van der Waals surface area contributed by atoms with Gasteiger partial charge < -0.3 is 15.5 Å². The van der Waals surface area contributed by atoms with Gasteiger partial charge in [-0.15, -0.1) is 0 Å². The van der Waals surface area contributed by atoms with Crippen LogP contribution in [0.4, 0.5) is 0 Å². The van der Waals surface area contributed by atoms with Crippen LogP contribution in [-0.2, 0) is 6.42 Å². The minimum Gasteiger partial charge on any atom is -0.507 e. The van der Waals surface area contributed by atoms with Crippen LogP contribution in [0.1, 0.15) is 5.56 Å². The number of hydrogen-bond acceptors (Lipinski definition) is 3. The van der Waals surface area contributed by atoms with Crippen molar-refractivity contribution in [2.24, 2.45) is 0 Å². The fourth-order valence-electron chi connectivity index (χ4n) is 1.60. The molecule has 3 N–H and O–H groups in total. The Morgan fingerprint density at radius 2 is 2.14 bits per heavy atom. The van der Waals surface area contributed by atoms with Crippen molar-refractivity contribution in [2.45, 2.75) is 12.0 Å². The number of aliphatic hydroxyl groups is 1. The van der Waals surface area contributed by atoms with E-state index in [0.717, 1.165) is 5.56 Å². The third-order valence-corrected chi connectivity index (χ3v) is 3.40. The largest absolute Gasteiger partial charge is 0.507 e. The molecule has 14 heavy (non-hydrogen) atoms. The Bertz CT molecular complexity index is 350. The Balaban J connectivity index is 2.20. The molecule has 76 valence electrons. The SMILES string of the molecule is Oc1cccc(CC2(O)CNC2)c1Br. The van der Waals surface area contributed by atoms with E-state index in [1.165, 1.54) is 0 Å². The number of phenolic OH excluding ortho intramolecular Hbond substituents is 1. The van der Waals surface area contributed by atoms with E-state index >= 15 is 0 Å². The summed E-state index contributed by atoms with van der Waals surface area (Å²) in [5, 5.41) is 22.4. The highest BCUT2D eigenvalue weighted by atomic mass is 79.9. The predicted molar refractivity (Wildman–Crippen MR) is 57.3 cm³/mol. The van der Waals surface area contributed by atoms with Crippen molar-refractivity contribution < 1.29 is 10.2 Å². The number of nitrogens with one attached hydrogen (secondary N) is 1. The number of aromatic hydroxyl groups is 1. The lowest BCUT2D eigenvalue weighted by Crippen LogP contribution is -2.60. The summed E-state index contributed by atoms with van der Waals surface area (Å²) in [6.45, 7) is 1.24. The molecule has 0 aliphatic carbocycles. The van der Waals surface area contributed by atoms with Crippen molar-refractivity contribution in [1.29, 1.82) is 0 Å². The number of rotatable bonds is 2. The summed E-state index contributed by atoms with van der Waals surface area (Å²) in [5.41, 5.74) is 0.296. The smallest absolute Gasteiger partial charge is 0.130 e. The first-order valence-electron chi connectivity index (χ1n) is 4.50. The molecule has 1 aromatic rings. The van der Waals surface area contributed by atoms with Crippen molar-refractivity contribution in [3.8, 4) is 5.75 Å². The van der Waals surface area contributed by atoms with E-state index in [4.69, 9.17) is 0 Å². The van der Waals surface area contributed by atoms with Crippen LogP contribution in [0.3, 0.4) is 0 Å². The van der Waals surface area contributed by atoms with Crippen LogP contribution >= 0.6 is 15.9 Å². The summed E-state index contributed by atoms with van der Waals surface area (Å²) in [6.07, 6.45) is 0.564. The van der Waals surface area contributed by atoms with Gasteiger partial charge in [-0.25, -0.2) is 0 Å². The first kappa shape index (κ1) is 9.96. The van der Waals surface area contributed by atoms with Crippen LogP contribution in [0.5, 0.6) is 5.75 Å². The molecule has 1 aromatic carbocycles. The highest BCUT2D eigenvalue weighted by molar-refractivity contribution is 9.10. The van der Waals surface area contributed by atoms with Gasteiger partial charge in [-0.2, -0.15) is 0 Å². The van der Waals surface area contributed by atoms with E-state index in [2.05, 4.69) is 21.2 Å². The molecule has 1 aliphatic rings. The van der Waals surface area contributed by atoms with Gasteiger partial charge in [-0.1, -0.05) is 12.1 Å². The summed E-state index contributed by atoms with van der Waals surface area (Å²) in [4.78, 5) is 0. The van der Waals surface area contributed by atoms with E-state index in [1.54, 1.807) is 12.1 Å². The van der Waals surface area contributed by atoms with Crippen molar-refractivity contribution in [3.05, 3.63) is 28.2 Å². The number of phenols is 1. The lowest BCUT2D eigenvalue weighted by molar-refractivity contribution is -0.00917. The molecule has 3 nitrogen and oxygen atoms in total. The molecule has 0 unspecified atom stereocenters. The molecule has 0 radical (unpaired) electrons. The van der Waals surface area contributed by atoms with Crippen molar-refractivity contribution in [2.75, 3.05) is 13.1 Å². The molecule has 0 spiro atoms. The molecule has 1 saturated heterocycles. The normalized spacial score (nSPS) is 19.0. The first-order chi connectivity index (χ1) is 6.61. The van der Waals surface area contributed by atoms with Crippen molar-refractivity contribution in [1.82, 2.24) is 5.32 Å². The monoisotopic (exact) mass is 257 g/mol. The van der Waals surface area contributed by atoms with Gasteiger partial charge in [0.25, 0.3) is 0 Å². The van der Waals surface area contributed by atoms with Crippen LogP contribution in [0.15, 0.2) is 22.7 Å². The predicted octanol–water partition coefficient (Wildman–Crippen LogP) is 1.03. The van der Waals surface area contributed by atoms with Gasteiger partial charge in [-0.3, -0.25) is 0 Å². The minimum atomic E-state index is -0.643. The van der Waals surface area contributed by atoms with Gasteiger partial charge in [0.2, 0.25) is 0 Å². The zero-order valence-corrected chi connectivity index (χ0v) is 9.21. The maximum atomic E-state index is 9.91.